The fraction of sp³-hybridized carbons (Fsp3) is 0.429. The van der Waals surface area contributed by atoms with Crippen molar-refractivity contribution in [2.45, 2.75) is 59.0 Å². The number of benzene rings is 2. The molecule has 0 spiro atoms. The fourth-order valence-corrected chi connectivity index (χ4v) is 8.04. The van der Waals surface area contributed by atoms with Gasteiger partial charge in [0.05, 0.1) is 20.2 Å². The molecule has 2 N–H and O–H groups in total. The number of piperidine rings is 1. The lowest BCUT2D eigenvalue weighted by molar-refractivity contribution is -0.140. The van der Waals surface area contributed by atoms with Crippen LogP contribution in [0.1, 0.15) is 43.4 Å². The van der Waals surface area contributed by atoms with Crippen LogP contribution in [0.3, 0.4) is 0 Å². The standard InChI is InChI=1S/C21H22F4N2O4S2/c1-20(2)14-4-3-12(22)9-17(14)32(28,29)18-11-19(16(10-15(18)20)21(23,24)25)33(30,31)27-13-5-7-26-8-6-13/h3-4,9-11,13,26-27H,5-8H2,1-2H3. The molecule has 2 aliphatic rings. The van der Waals surface area contributed by atoms with Gasteiger partial charge < -0.3 is 5.32 Å². The second kappa shape index (κ2) is 7.76. The van der Waals surface area contributed by atoms with E-state index in [0.29, 0.717) is 38.1 Å². The number of sulfone groups is 1. The van der Waals surface area contributed by atoms with E-state index >= 15 is 0 Å². The Kier molecular flexibility index (Phi) is 5.67. The largest absolute Gasteiger partial charge is 0.417 e. The molecule has 1 saturated heterocycles. The van der Waals surface area contributed by atoms with Crippen molar-refractivity contribution in [1.29, 1.82) is 0 Å². The first kappa shape index (κ1) is 24.1. The van der Waals surface area contributed by atoms with Crippen molar-refractivity contribution in [3.8, 4) is 0 Å². The molecule has 180 valence electrons. The van der Waals surface area contributed by atoms with Crippen LogP contribution < -0.4 is 10.0 Å². The highest BCUT2D eigenvalue weighted by molar-refractivity contribution is 7.92. The molecule has 33 heavy (non-hydrogen) atoms. The van der Waals surface area contributed by atoms with Gasteiger partial charge in [0, 0.05) is 11.5 Å². The fourth-order valence-electron chi connectivity index (χ4n) is 4.44. The van der Waals surface area contributed by atoms with Crippen LogP contribution in [0, 0.1) is 5.82 Å². The molecule has 2 aromatic rings. The summed E-state index contributed by atoms with van der Waals surface area (Å²) >= 11 is 0. The Bertz CT molecular complexity index is 1330. The van der Waals surface area contributed by atoms with Gasteiger partial charge in [-0.2, -0.15) is 13.2 Å². The normalized spacial score (nSPS) is 20.2. The van der Waals surface area contributed by atoms with Crippen molar-refractivity contribution in [2.24, 2.45) is 0 Å². The Morgan fingerprint density at radius 2 is 1.64 bits per heavy atom. The van der Waals surface area contributed by atoms with Gasteiger partial charge in [-0.15, -0.1) is 0 Å². The smallest absolute Gasteiger partial charge is 0.317 e. The van der Waals surface area contributed by atoms with Crippen molar-refractivity contribution in [3.05, 3.63) is 52.8 Å². The lowest BCUT2D eigenvalue weighted by Crippen LogP contribution is -2.43. The van der Waals surface area contributed by atoms with Gasteiger partial charge in [0.2, 0.25) is 19.9 Å². The SMILES string of the molecule is CC1(C)c2ccc(F)cc2S(=O)(=O)c2cc(S(=O)(=O)NC3CCNCC3)c(C(F)(F)F)cc21. The minimum atomic E-state index is -5.06. The zero-order valence-corrected chi connectivity index (χ0v) is 19.4. The molecule has 0 aromatic heterocycles. The lowest BCUT2D eigenvalue weighted by Gasteiger charge is -2.35. The number of hydrogen-bond acceptors (Lipinski definition) is 5. The second-order valence-electron chi connectivity index (χ2n) is 8.76. The highest BCUT2D eigenvalue weighted by Crippen LogP contribution is 2.49. The van der Waals surface area contributed by atoms with E-state index in [-0.39, 0.29) is 11.1 Å². The molecule has 2 aliphatic heterocycles. The van der Waals surface area contributed by atoms with Gasteiger partial charge >= 0.3 is 6.18 Å². The summed E-state index contributed by atoms with van der Waals surface area (Å²) in [6.45, 7) is 4.01. The molecule has 0 unspecified atom stereocenters. The summed E-state index contributed by atoms with van der Waals surface area (Å²) in [5.74, 6) is -0.830. The summed E-state index contributed by atoms with van der Waals surface area (Å²) in [4.78, 5) is -2.13. The van der Waals surface area contributed by atoms with Gasteiger partial charge in [-0.3, -0.25) is 0 Å². The molecular formula is C21H22F4N2O4S2. The van der Waals surface area contributed by atoms with Gasteiger partial charge in [0.25, 0.3) is 0 Å². The Balaban J connectivity index is 1.98. The molecule has 0 radical (unpaired) electrons. The molecule has 2 heterocycles. The Morgan fingerprint density at radius 3 is 2.24 bits per heavy atom. The van der Waals surface area contributed by atoms with Gasteiger partial charge in [0.1, 0.15) is 5.82 Å². The summed E-state index contributed by atoms with van der Waals surface area (Å²) in [6.07, 6.45) is -4.30. The maximum atomic E-state index is 14.0. The molecule has 0 aliphatic carbocycles. The molecule has 0 atom stereocenters. The first-order chi connectivity index (χ1) is 15.2. The van der Waals surface area contributed by atoms with Gasteiger partial charge in [-0.1, -0.05) is 19.9 Å². The third kappa shape index (κ3) is 4.07. The summed E-state index contributed by atoms with van der Waals surface area (Å²) in [5, 5.41) is 3.03. The highest BCUT2D eigenvalue weighted by Gasteiger charge is 2.46. The van der Waals surface area contributed by atoms with Crippen LogP contribution in [0.2, 0.25) is 0 Å². The summed E-state index contributed by atoms with van der Waals surface area (Å²) < 4.78 is 111. The average molecular weight is 507 g/mol. The summed E-state index contributed by atoms with van der Waals surface area (Å²) in [5.41, 5.74) is -2.77. The van der Waals surface area contributed by atoms with Gasteiger partial charge in [0.15, 0.2) is 0 Å². The van der Waals surface area contributed by atoms with Gasteiger partial charge in [-0.05, 0) is 61.3 Å². The number of rotatable bonds is 3. The predicted octanol–water partition coefficient (Wildman–Crippen LogP) is 3.35. The van der Waals surface area contributed by atoms with Gasteiger partial charge in [-0.25, -0.2) is 25.9 Å². The van der Waals surface area contributed by atoms with E-state index in [0.717, 1.165) is 12.1 Å². The quantitative estimate of drug-likeness (QED) is 0.623. The summed E-state index contributed by atoms with van der Waals surface area (Å²) in [6, 6.07) is 3.63. The number of halogens is 4. The minimum Gasteiger partial charge on any atom is -0.317 e. The van der Waals surface area contributed by atoms with Crippen LogP contribution in [0.15, 0.2) is 45.0 Å². The monoisotopic (exact) mass is 506 g/mol. The Hall–Kier alpha value is -2.02. The minimum absolute atomic E-state index is 0.132. The Labute approximate surface area is 189 Å². The van der Waals surface area contributed by atoms with Crippen LogP contribution in [-0.4, -0.2) is 36.0 Å². The molecule has 1 fully saturated rings. The second-order valence-corrected chi connectivity index (χ2v) is 12.3. The van der Waals surface area contributed by atoms with Crippen molar-refractivity contribution in [3.63, 3.8) is 0 Å². The van der Waals surface area contributed by atoms with E-state index < -0.39 is 63.6 Å². The van der Waals surface area contributed by atoms with Crippen molar-refractivity contribution in [1.82, 2.24) is 10.0 Å². The van der Waals surface area contributed by atoms with Crippen LogP contribution >= 0.6 is 0 Å². The van der Waals surface area contributed by atoms with E-state index in [1.54, 1.807) is 0 Å². The average Bonchev–Trinajstić information content (AvgIpc) is 2.71. The third-order valence-corrected chi connectivity index (χ3v) is 9.60. The maximum absolute atomic E-state index is 14.0. The molecule has 12 heteroatoms. The Morgan fingerprint density at radius 1 is 1.03 bits per heavy atom. The van der Waals surface area contributed by atoms with Crippen LogP contribution in [0.5, 0.6) is 0 Å². The van der Waals surface area contributed by atoms with Crippen molar-refractivity contribution in [2.75, 3.05) is 13.1 Å². The molecule has 0 amide bonds. The molecule has 4 rings (SSSR count). The van der Waals surface area contributed by atoms with E-state index in [4.69, 9.17) is 0 Å². The molecule has 2 aromatic carbocycles. The van der Waals surface area contributed by atoms with Crippen LogP contribution in [-0.2, 0) is 31.5 Å². The third-order valence-electron chi connectivity index (χ3n) is 6.21. The van der Waals surface area contributed by atoms with E-state index in [9.17, 15) is 34.4 Å². The molecule has 6 nitrogen and oxygen atoms in total. The van der Waals surface area contributed by atoms with Crippen molar-refractivity contribution >= 4 is 19.9 Å². The number of nitrogens with one attached hydrogen (secondary N) is 2. The first-order valence-electron chi connectivity index (χ1n) is 10.2. The topological polar surface area (TPSA) is 92.3 Å². The number of hydrogen-bond donors (Lipinski definition) is 2. The number of alkyl halides is 3. The lowest BCUT2D eigenvalue weighted by atomic mass is 9.77. The van der Waals surface area contributed by atoms with E-state index in [1.807, 2.05) is 0 Å². The van der Waals surface area contributed by atoms with Crippen LogP contribution in [0.25, 0.3) is 0 Å². The van der Waals surface area contributed by atoms with Crippen LogP contribution in [0.4, 0.5) is 17.6 Å². The predicted molar refractivity (Wildman–Crippen MR) is 112 cm³/mol. The maximum Gasteiger partial charge on any atom is 0.417 e. The zero-order chi connectivity index (χ0) is 24.4. The number of sulfonamides is 1. The first-order valence-corrected chi connectivity index (χ1v) is 13.2. The zero-order valence-electron chi connectivity index (χ0n) is 17.8. The molecular weight excluding hydrogens is 484 g/mol. The van der Waals surface area contributed by atoms with E-state index in [2.05, 4.69) is 10.0 Å². The summed E-state index contributed by atoms with van der Waals surface area (Å²) in [7, 11) is -9.20. The molecule has 0 saturated carbocycles. The van der Waals surface area contributed by atoms with E-state index in [1.165, 1.54) is 19.9 Å². The highest BCUT2D eigenvalue weighted by atomic mass is 32.2. The van der Waals surface area contributed by atoms with Crippen molar-refractivity contribution < 1.29 is 34.4 Å². The number of fused-ring (bicyclic) bond motifs is 2. The molecule has 0 bridgehead atoms.